The first-order valence-corrected chi connectivity index (χ1v) is 10.1. The lowest BCUT2D eigenvalue weighted by Crippen LogP contribution is -2.24. The van der Waals surface area contributed by atoms with Gasteiger partial charge in [0.2, 0.25) is 0 Å². The molecule has 4 rings (SSSR count). The molecule has 0 saturated heterocycles. The summed E-state index contributed by atoms with van der Waals surface area (Å²) < 4.78 is 7.95. The van der Waals surface area contributed by atoms with Gasteiger partial charge in [0.15, 0.2) is 5.65 Å². The number of rotatable bonds is 7. The number of hydrogen-bond acceptors (Lipinski definition) is 6. The molecule has 152 valence electrons. The first-order chi connectivity index (χ1) is 14.6. The third-order valence-electron chi connectivity index (χ3n) is 4.41. The summed E-state index contributed by atoms with van der Waals surface area (Å²) in [6.45, 7) is 0.559. The minimum atomic E-state index is -0.485. The summed E-state index contributed by atoms with van der Waals surface area (Å²) in [5.41, 5.74) is 1.52. The maximum atomic E-state index is 12.2. The van der Waals surface area contributed by atoms with E-state index in [1.807, 2.05) is 11.4 Å². The zero-order chi connectivity index (χ0) is 20.9. The summed E-state index contributed by atoms with van der Waals surface area (Å²) >= 11 is 1.38. The predicted octanol–water partition coefficient (Wildman–Crippen LogP) is 2.34. The molecular formula is C21H18N4O4S. The number of carbonyl (C=O) groups excluding carboxylic acids is 2. The molecule has 0 fully saturated rings. The Morgan fingerprint density at radius 3 is 2.63 bits per heavy atom. The maximum absolute atomic E-state index is 12.2. The van der Waals surface area contributed by atoms with Gasteiger partial charge < -0.3 is 10.1 Å². The fourth-order valence-corrected chi connectivity index (χ4v) is 3.50. The number of carbonyl (C=O) groups is 2. The number of amides is 1. The predicted molar refractivity (Wildman–Crippen MR) is 112 cm³/mol. The molecular weight excluding hydrogens is 404 g/mol. The van der Waals surface area contributed by atoms with Crippen LogP contribution < -0.4 is 11.0 Å². The Morgan fingerprint density at radius 1 is 1.07 bits per heavy atom. The molecule has 1 aromatic carbocycles. The highest BCUT2D eigenvalue weighted by molar-refractivity contribution is 7.12. The first-order valence-electron chi connectivity index (χ1n) is 9.24. The second-order valence-electron chi connectivity index (χ2n) is 6.43. The highest BCUT2D eigenvalue weighted by Crippen LogP contribution is 2.10. The molecule has 0 bridgehead atoms. The van der Waals surface area contributed by atoms with Crippen LogP contribution in [-0.2, 0) is 17.8 Å². The standard InChI is InChI=1S/C21H18N4O4S/c26-19(17-4-3-13-30-17)22-14-15-6-8-16(9-7-15)20(27)29-12-11-25-21(28)24-10-2-1-5-18(24)23-25/h1-10,13H,11-12,14H2,(H,22,26). The molecule has 0 aliphatic rings. The Bertz CT molecular complexity index is 1230. The molecule has 9 heteroatoms. The lowest BCUT2D eigenvalue weighted by Gasteiger charge is -2.07. The number of benzene rings is 1. The largest absolute Gasteiger partial charge is 0.460 e. The van der Waals surface area contributed by atoms with Crippen LogP contribution in [0.1, 0.15) is 25.6 Å². The SMILES string of the molecule is O=C(OCCn1nc2ccccn2c1=O)c1ccc(CNC(=O)c2cccs2)cc1. The van der Waals surface area contributed by atoms with Crippen LogP contribution in [-0.4, -0.2) is 32.7 Å². The van der Waals surface area contributed by atoms with Crippen molar-refractivity contribution in [3.8, 4) is 0 Å². The van der Waals surface area contributed by atoms with E-state index in [-0.39, 0.29) is 24.7 Å². The summed E-state index contributed by atoms with van der Waals surface area (Å²) in [5, 5.41) is 8.87. The van der Waals surface area contributed by atoms with E-state index in [4.69, 9.17) is 4.74 Å². The first kappa shape index (κ1) is 19.6. The number of nitrogens with one attached hydrogen (secondary N) is 1. The van der Waals surface area contributed by atoms with Gasteiger partial charge in [0, 0.05) is 12.7 Å². The highest BCUT2D eigenvalue weighted by Gasteiger charge is 2.10. The van der Waals surface area contributed by atoms with Crippen LogP contribution in [0.2, 0.25) is 0 Å². The van der Waals surface area contributed by atoms with Gasteiger partial charge in [-0.1, -0.05) is 24.3 Å². The fraction of sp³-hybridized carbons (Fsp3) is 0.143. The van der Waals surface area contributed by atoms with E-state index in [2.05, 4.69) is 10.4 Å². The average Bonchev–Trinajstić information content (AvgIpc) is 3.42. The molecule has 1 amide bonds. The number of esters is 1. The molecule has 0 atom stereocenters. The zero-order valence-corrected chi connectivity index (χ0v) is 16.7. The van der Waals surface area contributed by atoms with Crippen LogP contribution in [0.3, 0.4) is 0 Å². The van der Waals surface area contributed by atoms with E-state index in [9.17, 15) is 14.4 Å². The Balaban J connectivity index is 1.28. The van der Waals surface area contributed by atoms with E-state index >= 15 is 0 Å². The van der Waals surface area contributed by atoms with E-state index in [1.165, 1.54) is 20.4 Å². The maximum Gasteiger partial charge on any atom is 0.350 e. The minimum Gasteiger partial charge on any atom is -0.460 e. The van der Waals surface area contributed by atoms with Gasteiger partial charge in [0.1, 0.15) is 6.61 Å². The van der Waals surface area contributed by atoms with Gasteiger partial charge in [-0.15, -0.1) is 16.4 Å². The average molecular weight is 422 g/mol. The molecule has 3 heterocycles. The third kappa shape index (κ3) is 4.31. The molecule has 1 N–H and O–H groups in total. The highest BCUT2D eigenvalue weighted by atomic mass is 32.1. The van der Waals surface area contributed by atoms with Crippen molar-refractivity contribution >= 4 is 28.9 Å². The second-order valence-corrected chi connectivity index (χ2v) is 7.38. The van der Waals surface area contributed by atoms with Gasteiger partial charge >= 0.3 is 11.7 Å². The Hall–Kier alpha value is -3.72. The Morgan fingerprint density at radius 2 is 1.90 bits per heavy atom. The van der Waals surface area contributed by atoms with Crippen molar-refractivity contribution in [1.82, 2.24) is 19.5 Å². The number of aromatic nitrogens is 3. The molecule has 0 aliphatic carbocycles. The number of hydrogen-bond donors (Lipinski definition) is 1. The molecule has 8 nitrogen and oxygen atoms in total. The molecule has 0 aliphatic heterocycles. The van der Waals surface area contributed by atoms with Crippen LogP contribution in [0.15, 0.2) is 71.0 Å². The lowest BCUT2D eigenvalue weighted by molar-refractivity contribution is 0.0486. The number of nitrogens with zero attached hydrogens (tertiary/aromatic N) is 3. The van der Waals surface area contributed by atoms with Gasteiger partial charge in [-0.25, -0.2) is 14.3 Å². The number of pyridine rings is 1. The summed E-state index contributed by atoms with van der Waals surface area (Å²) in [5.74, 6) is -0.614. The van der Waals surface area contributed by atoms with Crippen molar-refractivity contribution in [2.75, 3.05) is 6.61 Å². The quantitative estimate of drug-likeness (QED) is 0.462. The van der Waals surface area contributed by atoms with E-state index in [1.54, 1.807) is 54.7 Å². The monoisotopic (exact) mass is 422 g/mol. The van der Waals surface area contributed by atoms with Crippen molar-refractivity contribution < 1.29 is 14.3 Å². The fourth-order valence-electron chi connectivity index (χ4n) is 2.86. The molecule has 0 spiro atoms. The van der Waals surface area contributed by atoms with Crippen molar-refractivity contribution in [3.63, 3.8) is 0 Å². The van der Waals surface area contributed by atoms with Gasteiger partial charge in [0.05, 0.1) is 17.0 Å². The van der Waals surface area contributed by atoms with E-state index in [0.717, 1.165) is 5.56 Å². The zero-order valence-electron chi connectivity index (χ0n) is 15.9. The second kappa shape index (κ2) is 8.75. The molecule has 30 heavy (non-hydrogen) atoms. The number of ether oxygens (including phenoxy) is 1. The molecule has 4 aromatic rings. The number of thiophene rings is 1. The van der Waals surface area contributed by atoms with Crippen LogP contribution in [0.5, 0.6) is 0 Å². The smallest absolute Gasteiger partial charge is 0.350 e. The van der Waals surface area contributed by atoms with Gasteiger partial charge in [-0.2, -0.15) is 0 Å². The van der Waals surface area contributed by atoms with Crippen molar-refractivity contribution in [2.24, 2.45) is 0 Å². The van der Waals surface area contributed by atoms with Crippen LogP contribution in [0.4, 0.5) is 0 Å². The minimum absolute atomic E-state index is 0.0290. The third-order valence-corrected chi connectivity index (χ3v) is 5.28. The lowest BCUT2D eigenvalue weighted by atomic mass is 10.1. The van der Waals surface area contributed by atoms with Crippen LogP contribution >= 0.6 is 11.3 Å². The Kier molecular flexibility index (Phi) is 5.71. The summed E-state index contributed by atoms with van der Waals surface area (Å²) in [4.78, 5) is 37.0. The van der Waals surface area contributed by atoms with E-state index < -0.39 is 5.97 Å². The van der Waals surface area contributed by atoms with Crippen LogP contribution in [0, 0.1) is 0 Å². The van der Waals surface area contributed by atoms with Gasteiger partial charge in [0.25, 0.3) is 5.91 Å². The van der Waals surface area contributed by atoms with E-state index in [0.29, 0.717) is 22.6 Å². The summed E-state index contributed by atoms with van der Waals surface area (Å²) in [6, 6.07) is 15.7. The molecule has 0 radical (unpaired) electrons. The summed E-state index contributed by atoms with van der Waals surface area (Å²) in [7, 11) is 0. The van der Waals surface area contributed by atoms with Crippen molar-refractivity contribution in [2.45, 2.75) is 13.1 Å². The van der Waals surface area contributed by atoms with Crippen molar-refractivity contribution in [1.29, 1.82) is 0 Å². The topological polar surface area (TPSA) is 94.7 Å². The number of fused-ring (bicyclic) bond motifs is 1. The summed E-state index contributed by atoms with van der Waals surface area (Å²) in [6.07, 6.45) is 1.64. The normalized spacial score (nSPS) is 10.8. The van der Waals surface area contributed by atoms with Crippen LogP contribution in [0.25, 0.3) is 5.65 Å². The van der Waals surface area contributed by atoms with Gasteiger partial charge in [-0.3, -0.25) is 9.20 Å². The van der Waals surface area contributed by atoms with Crippen molar-refractivity contribution in [3.05, 3.63) is 92.7 Å². The van der Waals surface area contributed by atoms with Gasteiger partial charge in [-0.05, 0) is 41.3 Å². The Labute approximate surface area is 175 Å². The molecule has 3 aromatic heterocycles. The molecule has 0 unspecified atom stereocenters. The molecule has 0 saturated carbocycles.